The van der Waals surface area contributed by atoms with Crippen molar-refractivity contribution in [3.8, 4) is 0 Å². The zero-order valence-electron chi connectivity index (χ0n) is 7.28. The van der Waals surface area contributed by atoms with Crippen molar-refractivity contribution in [2.24, 2.45) is 5.73 Å². The first kappa shape index (κ1) is 11.7. The number of nitrogens with two attached hydrogens (primary N) is 1. The molecule has 0 aromatic rings. The summed E-state index contributed by atoms with van der Waals surface area (Å²) in [5.74, 6) is -0.501. The van der Waals surface area contributed by atoms with Gasteiger partial charge in [0.2, 0.25) is 0 Å². The Morgan fingerprint density at radius 3 is 2.50 bits per heavy atom. The highest BCUT2D eigenvalue weighted by Gasteiger charge is 2.31. The summed E-state index contributed by atoms with van der Waals surface area (Å²) in [5, 5.41) is 17.2. The molecule has 1 atom stereocenters. The SMILES string of the molecule is CC(C)(SCCO)C(N)C(=O)O. The first-order valence-electron chi connectivity index (χ1n) is 3.65. The Balaban J connectivity index is 4.08. The van der Waals surface area contributed by atoms with Crippen LogP contribution in [-0.4, -0.2) is 39.3 Å². The van der Waals surface area contributed by atoms with Gasteiger partial charge < -0.3 is 15.9 Å². The maximum absolute atomic E-state index is 10.5. The highest BCUT2D eigenvalue weighted by atomic mass is 32.2. The topological polar surface area (TPSA) is 83.5 Å². The van der Waals surface area contributed by atoms with Crippen LogP contribution in [0.2, 0.25) is 0 Å². The lowest BCUT2D eigenvalue weighted by molar-refractivity contribution is -0.139. The number of aliphatic carboxylic acids is 1. The number of carboxylic acid groups (broad SMARTS) is 1. The number of thioether (sulfide) groups is 1. The van der Waals surface area contributed by atoms with Gasteiger partial charge in [0.25, 0.3) is 0 Å². The number of hydrogen-bond acceptors (Lipinski definition) is 4. The second-order valence-corrected chi connectivity index (χ2v) is 4.74. The highest BCUT2D eigenvalue weighted by molar-refractivity contribution is 8.00. The molecule has 0 saturated carbocycles. The van der Waals surface area contributed by atoms with E-state index in [1.807, 2.05) is 0 Å². The Morgan fingerprint density at radius 1 is 1.67 bits per heavy atom. The predicted molar refractivity (Wildman–Crippen MR) is 49.2 cm³/mol. The molecular weight excluding hydrogens is 178 g/mol. The third-order valence-electron chi connectivity index (χ3n) is 1.58. The zero-order chi connectivity index (χ0) is 9.78. The Labute approximate surface area is 76.1 Å². The number of hydrogen-bond donors (Lipinski definition) is 3. The van der Waals surface area contributed by atoms with Gasteiger partial charge in [-0.25, -0.2) is 0 Å². The monoisotopic (exact) mass is 193 g/mol. The minimum absolute atomic E-state index is 0.0421. The Hall–Kier alpha value is -0.260. The van der Waals surface area contributed by atoms with E-state index in [1.54, 1.807) is 13.8 Å². The number of carboxylic acids is 1. The van der Waals surface area contributed by atoms with Crippen molar-refractivity contribution in [2.45, 2.75) is 24.6 Å². The van der Waals surface area contributed by atoms with Crippen LogP contribution >= 0.6 is 11.8 Å². The van der Waals surface area contributed by atoms with Crippen LogP contribution in [0.3, 0.4) is 0 Å². The molecule has 1 unspecified atom stereocenters. The fourth-order valence-corrected chi connectivity index (χ4v) is 1.59. The van der Waals surface area contributed by atoms with E-state index >= 15 is 0 Å². The van der Waals surface area contributed by atoms with Crippen molar-refractivity contribution in [3.63, 3.8) is 0 Å². The summed E-state index contributed by atoms with van der Waals surface area (Å²) in [7, 11) is 0. The average molecular weight is 193 g/mol. The summed E-state index contributed by atoms with van der Waals surface area (Å²) in [5.41, 5.74) is 5.43. The van der Waals surface area contributed by atoms with Gasteiger partial charge in [-0.15, -0.1) is 0 Å². The summed E-state index contributed by atoms with van der Waals surface area (Å²) in [4.78, 5) is 10.5. The summed E-state index contributed by atoms with van der Waals surface area (Å²) in [6.45, 7) is 3.55. The molecular formula is C7H15NO3S. The summed E-state index contributed by atoms with van der Waals surface area (Å²) in [6, 6.07) is -0.894. The molecule has 0 spiro atoms. The molecule has 0 aliphatic rings. The van der Waals surface area contributed by atoms with Gasteiger partial charge >= 0.3 is 5.97 Å². The van der Waals surface area contributed by atoms with Crippen LogP contribution in [-0.2, 0) is 4.79 Å². The zero-order valence-corrected chi connectivity index (χ0v) is 8.10. The second-order valence-electron chi connectivity index (χ2n) is 2.99. The summed E-state index contributed by atoms with van der Waals surface area (Å²) < 4.78 is -0.533. The van der Waals surface area contributed by atoms with Crippen molar-refractivity contribution in [2.75, 3.05) is 12.4 Å². The van der Waals surface area contributed by atoms with Crippen LogP contribution in [0.1, 0.15) is 13.8 Å². The van der Waals surface area contributed by atoms with Crippen LogP contribution in [0.4, 0.5) is 0 Å². The minimum atomic E-state index is -1.01. The molecule has 0 aliphatic heterocycles. The maximum Gasteiger partial charge on any atom is 0.321 e. The van der Waals surface area contributed by atoms with Gasteiger partial charge in [-0.2, -0.15) is 11.8 Å². The molecule has 0 rings (SSSR count). The van der Waals surface area contributed by atoms with Crippen molar-refractivity contribution in [1.82, 2.24) is 0 Å². The molecule has 0 saturated heterocycles. The predicted octanol–water partition coefficient (Wildman–Crippen LogP) is -0.0976. The third-order valence-corrected chi connectivity index (χ3v) is 2.97. The molecule has 5 heteroatoms. The molecule has 12 heavy (non-hydrogen) atoms. The van der Waals surface area contributed by atoms with E-state index in [0.29, 0.717) is 5.75 Å². The van der Waals surface area contributed by atoms with Crippen LogP contribution in [0.15, 0.2) is 0 Å². The average Bonchev–Trinajstić information content (AvgIpc) is 1.99. The molecule has 0 amide bonds. The molecule has 0 bridgehead atoms. The molecule has 0 aliphatic carbocycles. The molecule has 0 radical (unpaired) electrons. The fraction of sp³-hybridized carbons (Fsp3) is 0.857. The van der Waals surface area contributed by atoms with Gasteiger partial charge in [-0.1, -0.05) is 0 Å². The molecule has 0 fully saturated rings. The van der Waals surface area contributed by atoms with Crippen molar-refractivity contribution in [1.29, 1.82) is 0 Å². The van der Waals surface area contributed by atoms with Gasteiger partial charge in [-0.3, -0.25) is 4.79 Å². The van der Waals surface area contributed by atoms with E-state index in [9.17, 15) is 4.79 Å². The number of aliphatic hydroxyl groups excluding tert-OH is 1. The largest absolute Gasteiger partial charge is 0.480 e. The molecule has 4 N–H and O–H groups in total. The van der Waals surface area contributed by atoms with Crippen LogP contribution in [0.25, 0.3) is 0 Å². The second kappa shape index (κ2) is 4.69. The lowest BCUT2D eigenvalue weighted by Crippen LogP contribution is -2.47. The first-order valence-corrected chi connectivity index (χ1v) is 4.63. The number of carbonyl (C=O) groups is 1. The van der Waals surface area contributed by atoms with E-state index < -0.39 is 16.8 Å². The molecule has 4 nitrogen and oxygen atoms in total. The van der Waals surface area contributed by atoms with Gasteiger partial charge in [0, 0.05) is 10.5 Å². The lowest BCUT2D eigenvalue weighted by atomic mass is 10.1. The fourth-order valence-electron chi connectivity index (χ4n) is 0.696. The van der Waals surface area contributed by atoms with Crippen molar-refractivity contribution in [3.05, 3.63) is 0 Å². The number of rotatable bonds is 5. The Morgan fingerprint density at radius 2 is 2.17 bits per heavy atom. The quantitative estimate of drug-likeness (QED) is 0.568. The Bertz CT molecular complexity index is 161. The lowest BCUT2D eigenvalue weighted by Gasteiger charge is -2.27. The highest BCUT2D eigenvalue weighted by Crippen LogP contribution is 2.26. The van der Waals surface area contributed by atoms with Crippen molar-refractivity contribution >= 4 is 17.7 Å². The smallest absolute Gasteiger partial charge is 0.321 e. The first-order chi connectivity index (χ1) is 5.41. The van der Waals surface area contributed by atoms with Crippen LogP contribution in [0, 0.1) is 0 Å². The third kappa shape index (κ3) is 3.42. The van der Waals surface area contributed by atoms with E-state index in [2.05, 4.69) is 0 Å². The summed E-state index contributed by atoms with van der Waals surface area (Å²) >= 11 is 1.36. The Kier molecular flexibility index (Phi) is 4.59. The van der Waals surface area contributed by atoms with E-state index in [-0.39, 0.29) is 6.61 Å². The molecule has 0 aromatic carbocycles. The van der Waals surface area contributed by atoms with E-state index in [4.69, 9.17) is 15.9 Å². The van der Waals surface area contributed by atoms with Gasteiger partial charge in [0.05, 0.1) is 6.61 Å². The van der Waals surface area contributed by atoms with E-state index in [1.165, 1.54) is 11.8 Å². The molecule has 72 valence electrons. The van der Waals surface area contributed by atoms with Crippen LogP contribution in [0.5, 0.6) is 0 Å². The van der Waals surface area contributed by atoms with E-state index in [0.717, 1.165) is 0 Å². The molecule has 0 heterocycles. The maximum atomic E-state index is 10.5. The molecule has 0 aromatic heterocycles. The number of aliphatic hydroxyl groups is 1. The minimum Gasteiger partial charge on any atom is -0.480 e. The standard InChI is InChI=1S/C7H15NO3S/c1-7(2,12-4-3-9)5(8)6(10)11/h5,9H,3-4,8H2,1-2H3,(H,10,11). The van der Waals surface area contributed by atoms with Crippen molar-refractivity contribution < 1.29 is 15.0 Å². The van der Waals surface area contributed by atoms with Gasteiger partial charge in [0.1, 0.15) is 6.04 Å². The van der Waals surface area contributed by atoms with Gasteiger partial charge in [-0.05, 0) is 13.8 Å². The van der Waals surface area contributed by atoms with Gasteiger partial charge in [0.15, 0.2) is 0 Å². The normalized spacial score (nSPS) is 14.3. The van der Waals surface area contributed by atoms with Crippen LogP contribution < -0.4 is 5.73 Å². The summed E-state index contributed by atoms with van der Waals surface area (Å²) in [6.07, 6.45) is 0.